The number of carbonyl (C=O) groups is 2. The number of aliphatic hydroxyl groups is 1. The van der Waals surface area contributed by atoms with Gasteiger partial charge in [0.1, 0.15) is 12.0 Å². The molecule has 0 heterocycles. The summed E-state index contributed by atoms with van der Waals surface area (Å²) in [6, 6.07) is 0. The molecule has 0 spiro atoms. The van der Waals surface area contributed by atoms with Crippen LogP contribution in [0.15, 0.2) is 0 Å². The van der Waals surface area contributed by atoms with Crippen molar-refractivity contribution in [3.05, 3.63) is 0 Å². The minimum Gasteiger partial charge on any atom is -0.391 e. The SMILES string of the molecule is CCCCCCCCCCCCCC(=O)C(C)(C[N+](C)(C)CCO)C(=O)CCCCCCCCCCCCC. The van der Waals surface area contributed by atoms with Crippen LogP contribution in [0.5, 0.6) is 0 Å². The molecule has 0 rings (SSSR count). The lowest BCUT2D eigenvalue weighted by Gasteiger charge is -2.37. The van der Waals surface area contributed by atoms with E-state index in [-0.39, 0.29) is 18.2 Å². The van der Waals surface area contributed by atoms with Gasteiger partial charge in [-0.2, -0.15) is 0 Å². The smallest absolute Gasteiger partial charge is 0.151 e. The Balaban J connectivity index is 4.43. The Morgan fingerprint density at radius 2 is 0.821 bits per heavy atom. The lowest BCUT2D eigenvalue weighted by atomic mass is 9.76. The predicted octanol–water partition coefficient (Wildman–Crippen LogP) is 9.60. The van der Waals surface area contributed by atoms with E-state index in [1.807, 2.05) is 21.0 Å². The van der Waals surface area contributed by atoms with Gasteiger partial charge in [-0.1, -0.05) is 142 Å². The highest BCUT2D eigenvalue weighted by Gasteiger charge is 2.44. The number of ketones is 2. The van der Waals surface area contributed by atoms with Crippen LogP contribution in [0.3, 0.4) is 0 Å². The fraction of sp³-hybridized carbons (Fsp3) is 0.943. The van der Waals surface area contributed by atoms with Crippen molar-refractivity contribution in [1.82, 2.24) is 0 Å². The van der Waals surface area contributed by atoms with Crippen LogP contribution in [0, 0.1) is 5.41 Å². The van der Waals surface area contributed by atoms with E-state index in [4.69, 9.17) is 0 Å². The molecule has 0 fully saturated rings. The normalized spacial score (nSPS) is 12.3. The zero-order chi connectivity index (χ0) is 29.2. The Kier molecular flexibility index (Phi) is 24.5. The molecule has 0 aromatic heterocycles. The summed E-state index contributed by atoms with van der Waals surface area (Å²) in [6.45, 7) is 7.54. The quantitative estimate of drug-likeness (QED) is 0.0548. The summed E-state index contributed by atoms with van der Waals surface area (Å²) in [7, 11) is 4.05. The summed E-state index contributed by atoms with van der Waals surface area (Å²) in [6.07, 6.45) is 28.7. The Hall–Kier alpha value is -0.740. The number of Topliss-reactive ketones (excluding diaryl/α,β-unsaturated/α-hetero) is 2. The first-order valence-electron chi connectivity index (χ1n) is 17.2. The van der Waals surface area contributed by atoms with Gasteiger partial charge in [-0.25, -0.2) is 0 Å². The van der Waals surface area contributed by atoms with Gasteiger partial charge in [0.25, 0.3) is 0 Å². The number of likely N-dealkylation sites (N-methyl/N-ethyl adjacent to an activating group) is 1. The van der Waals surface area contributed by atoms with E-state index in [1.54, 1.807) is 0 Å². The van der Waals surface area contributed by atoms with Crippen LogP contribution < -0.4 is 0 Å². The molecule has 0 saturated carbocycles. The van der Waals surface area contributed by atoms with Crippen molar-refractivity contribution in [2.45, 2.75) is 175 Å². The number of aliphatic hydroxyl groups excluding tert-OH is 1. The Morgan fingerprint density at radius 3 is 1.10 bits per heavy atom. The number of quaternary nitrogens is 1. The van der Waals surface area contributed by atoms with Crippen molar-refractivity contribution in [3.63, 3.8) is 0 Å². The first kappa shape index (κ1) is 38.3. The van der Waals surface area contributed by atoms with E-state index < -0.39 is 5.41 Å². The lowest BCUT2D eigenvalue weighted by molar-refractivity contribution is -0.894. The van der Waals surface area contributed by atoms with E-state index in [0.29, 0.717) is 30.4 Å². The summed E-state index contributed by atoms with van der Waals surface area (Å²) < 4.78 is 0.501. The van der Waals surface area contributed by atoms with Gasteiger partial charge in [0.15, 0.2) is 11.6 Å². The summed E-state index contributed by atoms with van der Waals surface area (Å²) in [5.74, 6) is 0.242. The molecule has 1 N–H and O–H groups in total. The molecule has 0 bridgehead atoms. The molecule has 0 aromatic carbocycles. The second-order valence-corrected chi connectivity index (χ2v) is 13.3. The highest BCUT2D eigenvalue weighted by atomic mass is 16.3. The molecule has 0 atom stereocenters. The number of carbonyl (C=O) groups excluding carboxylic acids is 2. The maximum Gasteiger partial charge on any atom is 0.151 e. The number of hydrogen-bond acceptors (Lipinski definition) is 3. The fourth-order valence-electron chi connectivity index (χ4n) is 5.99. The van der Waals surface area contributed by atoms with Crippen molar-refractivity contribution in [2.24, 2.45) is 5.41 Å². The Bertz CT molecular complexity index is 548. The van der Waals surface area contributed by atoms with Gasteiger partial charge < -0.3 is 9.59 Å². The maximum absolute atomic E-state index is 13.5. The molecule has 0 aromatic rings. The Labute approximate surface area is 244 Å². The molecule has 39 heavy (non-hydrogen) atoms. The second-order valence-electron chi connectivity index (χ2n) is 13.3. The molecule has 0 aliphatic rings. The van der Waals surface area contributed by atoms with Gasteiger partial charge in [-0.3, -0.25) is 9.59 Å². The topological polar surface area (TPSA) is 54.4 Å². The highest BCUT2D eigenvalue weighted by Crippen LogP contribution is 2.29. The van der Waals surface area contributed by atoms with E-state index >= 15 is 0 Å². The Morgan fingerprint density at radius 1 is 0.538 bits per heavy atom. The van der Waals surface area contributed by atoms with E-state index in [0.717, 1.165) is 25.7 Å². The summed E-state index contributed by atoms with van der Waals surface area (Å²) in [4.78, 5) is 26.9. The number of hydrogen-bond donors (Lipinski definition) is 1. The van der Waals surface area contributed by atoms with Gasteiger partial charge in [-0.15, -0.1) is 0 Å². The number of nitrogens with zero attached hydrogens (tertiary/aromatic N) is 1. The van der Waals surface area contributed by atoms with Crippen molar-refractivity contribution in [3.8, 4) is 0 Å². The van der Waals surface area contributed by atoms with Crippen LogP contribution in [0.1, 0.15) is 175 Å². The highest BCUT2D eigenvalue weighted by molar-refractivity contribution is 6.06. The van der Waals surface area contributed by atoms with Crippen LogP contribution in [0.2, 0.25) is 0 Å². The minimum atomic E-state index is -0.935. The summed E-state index contributed by atoms with van der Waals surface area (Å²) in [5, 5.41) is 9.52. The van der Waals surface area contributed by atoms with Gasteiger partial charge in [-0.05, 0) is 19.8 Å². The molecule has 0 amide bonds. The van der Waals surface area contributed by atoms with Gasteiger partial charge >= 0.3 is 0 Å². The van der Waals surface area contributed by atoms with Crippen molar-refractivity contribution in [2.75, 3.05) is 33.8 Å². The molecule has 0 saturated heterocycles. The van der Waals surface area contributed by atoms with Gasteiger partial charge in [0.2, 0.25) is 0 Å². The third kappa shape index (κ3) is 20.7. The van der Waals surface area contributed by atoms with Gasteiger partial charge in [0.05, 0.1) is 27.2 Å². The molecule has 0 aliphatic heterocycles. The maximum atomic E-state index is 13.5. The van der Waals surface area contributed by atoms with Crippen molar-refractivity contribution >= 4 is 11.6 Å². The fourth-order valence-corrected chi connectivity index (χ4v) is 5.99. The molecule has 0 unspecified atom stereocenters. The van der Waals surface area contributed by atoms with Crippen LogP contribution in [0.25, 0.3) is 0 Å². The average molecular weight is 553 g/mol. The molecule has 4 heteroatoms. The van der Waals surface area contributed by atoms with Gasteiger partial charge in [0, 0.05) is 12.8 Å². The van der Waals surface area contributed by atoms with Crippen LogP contribution in [0.4, 0.5) is 0 Å². The molecular weight excluding hydrogens is 482 g/mol. The van der Waals surface area contributed by atoms with Crippen molar-refractivity contribution < 1.29 is 19.2 Å². The summed E-state index contributed by atoms with van der Waals surface area (Å²) in [5.41, 5.74) is -0.935. The number of rotatable bonds is 30. The number of unbranched alkanes of at least 4 members (excludes halogenated alkanes) is 20. The van der Waals surface area contributed by atoms with E-state index in [9.17, 15) is 14.7 Å². The second kappa shape index (κ2) is 25.0. The minimum absolute atomic E-state index is 0.0721. The zero-order valence-corrected chi connectivity index (χ0v) is 27.3. The van der Waals surface area contributed by atoms with Crippen LogP contribution in [-0.4, -0.2) is 54.9 Å². The lowest BCUT2D eigenvalue weighted by Crippen LogP contribution is -2.54. The summed E-state index contributed by atoms with van der Waals surface area (Å²) >= 11 is 0. The van der Waals surface area contributed by atoms with Crippen LogP contribution >= 0.6 is 0 Å². The predicted molar refractivity (Wildman–Crippen MR) is 169 cm³/mol. The molecule has 0 aliphatic carbocycles. The standard InChI is InChI=1S/C35H70NO3/c1-6-8-10-12-14-16-18-20-22-24-26-28-33(38)35(3,32-36(4,5)30-31-37)34(39)29-27-25-23-21-19-17-15-13-11-9-7-2/h37H,6-32H2,1-5H3/q+1. The monoisotopic (exact) mass is 553 g/mol. The largest absolute Gasteiger partial charge is 0.391 e. The van der Waals surface area contributed by atoms with Crippen LogP contribution in [-0.2, 0) is 9.59 Å². The van der Waals surface area contributed by atoms with Crippen molar-refractivity contribution in [1.29, 1.82) is 0 Å². The third-order valence-corrected chi connectivity index (χ3v) is 8.70. The zero-order valence-electron chi connectivity index (χ0n) is 27.3. The molecular formula is C35H70NO3+. The first-order chi connectivity index (χ1) is 18.7. The molecule has 0 radical (unpaired) electrons. The molecule has 4 nitrogen and oxygen atoms in total. The van der Waals surface area contributed by atoms with E-state index in [1.165, 1.54) is 116 Å². The average Bonchev–Trinajstić information content (AvgIpc) is 2.89. The van der Waals surface area contributed by atoms with E-state index in [2.05, 4.69) is 13.8 Å². The third-order valence-electron chi connectivity index (χ3n) is 8.70. The first-order valence-corrected chi connectivity index (χ1v) is 17.2. The molecule has 232 valence electrons.